The molecule has 1 aliphatic carbocycles. The van der Waals surface area contributed by atoms with Crippen LogP contribution in [0.2, 0.25) is 10.0 Å². The van der Waals surface area contributed by atoms with Crippen LogP contribution in [0.25, 0.3) is 0 Å². The van der Waals surface area contributed by atoms with Gasteiger partial charge in [0.25, 0.3) is 0 Å². The van der Waals surface area contributed by atoms with Gasteiger partial charge in [-0.05, 0) is 55.7 Å². The van der Waals surface area contributed by atoms with Gasteiger partial charge in [-0.25, -0.2) is 0 Å². The lowest BCUT2D eigenvalue weighted by atomic mass is 9.91. The molecule has 3 heteroatoms. The molecule has 1 fully saturated rings. The van der Waals surface area contributed by atoms with Crippen LogP contribution in [-0.4, -0.2) is 12.6 Å². The van der Waals surface area contributed by atoms with Gasteiger partial charge in [0, 0.05) is 6.04 Å². The van der Waals surface area contributed by atoms with Gasteiger partial charge < -0.3 is 5.32 Å². The van der Waals surface area contributed by atoms with Crippen LogP contribution in [0.15, 0.2) is 18.2 Å². The molecule has 2 rings (SSSR count). The molecule has 3 atom stereocenters. The van der Waals surface area contributed by atoms with Crippen molar-refractivity contribution in [3.8, 4) is 0 Å². The Kier molecular flexibility index (Phi) is 6.20. The first-order valence-corrected chi connectivity index (χ1v) is 8.53. The summed E-state index contributed by atoms with van der Waals surface area (Å²) in [7, 11) is 0. The second-order valence-electron chi connectivity index (χ2n) is 6.16. The Bertz CT molecular complexity index is 433. The lowest BCUT2D eigenvalue weighted by Gasteiger charge is -2.25. The molecule has 112 valence electrons. The largest absolute Gasteiger partial charge is 0.313 e. The van der Waals surface area contributed by atoms with E-state index in [0.717, 1.165) is 29.8 Å². The van der Waals surface area contributed by atoms with E-state index in [1.54, 1.807) is 0 Å². The van der Waals surface area contributed by atoms with Gasteiger partial charge in [-0.15, -0.1) is 0 Å². The van der Waals surface area contributed by atoms with E-state index in [9.17, 15) is 0 Å². The average molecular weight is 314 g/mol. The van der Waals surface area contributed by atoms with Crippen LogP contribution in [-0.2, 0) is 6.42 Å². The SMILES string of the molecule is CCCNC(Cc1cccc(Cl)c1Cl)C1CCC(C)C1. The van der Waals surface area contributed by atoms with Gasteiger partial charge in [0.1, 0.15) is 0 Å². The van der Waals surface area contributed by atoms with Crippen molar-refractivity contribution in [2.24, 2.45) is 11.8 Å². The average Bonchev–Trinajstić information content (AvgIpc) is 2.86. The van der Waals surface area contributed by atoms with E-state index < -0.39 is 0 Å². The maximum Gasteiger partial charge on any atom is 0.0624 e. The van der Waals surface area contributed by atoms with Gasteiger partial charge in [0.15, 0.2) is 0 Å². The number of hydrogen-bond acceptors (Lipinski definition) is 1. The number of rotatable bonds is 6. The van der Waals surface area contributed by atoms with Crippen molar-refractivity contribution in [1.82, 2.24) is 5.32 Å². The Labute approximate surface area is 133 Å². The zero-order valence-electron chi connectivity index (χ0n) is 12.5. The number of hydrogen-bond donors (Lipinski definition) is 1. The summed E-state index contributed by atoms with van der Waals surface area (Å²) in [4.78, 5) is 0. The highest BCUT2D eigenvalue weighted by molar-refractivity contribution is 6.42. The molecule has 1 nitrogen and oxygen atoms in total. The molecule has 1 aromatic rings. The normalized spacial score (nSPS) is 24.0. The molecule has 0 saturated heterocycles. The fraction of sp³-hybridized carbons (Fsp3) is 0.647. The first-order valence-electron chi connectivity index (χ1n) is 7.78. The molecule has 20 heavy (non-hydrogen) atoms. The van der Waals surface area contributed by atoms with Gasteiger partial charge in [0.2, 0.25) is 0 Å². The van der Waals surface area contributed by atoms with Crippen molar-refractivity contribution in [3.05, 3.63) is 33.8 Å². The molecule has 0 bridgehead atoms. The fourth-order valence-electron chi connectivity index (χ4n) is 3.29. The predicted molar refractivity (Wildman–Crippen MR) is 88.8 cm³/mol. The summed E-state index contributed by atoms with van der Waals surface area (Å²) in [6.07, 6.45) is 6.18. The Balaban J connectivity index is 2.08. The highest BCUT2D eigenvalue weighted by Gasteiger charge is 2.29. The van der Waals surface area contributed by atoms with Gasteiger partial charge in [-0.1, -0.05) is 55.6 Å². The minimum atomic E-state index is 0.524. The lowest BCUT2D eigenvalue weighted by Crippen LogP contribution is -2.37. The fourth-order valence-corrected chi connectivity index (χ4v) is 3.69. The second kappa shape index (κ2) is 7.68. The van der Waals surface area contributed by atoms with Crippen molar-refractivity contribution < 1.29 is 0 Å². The van der Waals surface area contributed by atoms with Crippen molar-refractivity contribution in [2.45, 2.75) is 52.0 Å². The van der Waals surface area contributed by atoms with Crippen LogP contribution >= 0.6 is 23.2 Å². The maximum atomic E-state index is 6.35. The molecule has 0 aliphatic heterocycles. The van der Waals surface area contributed by atoms with E-state index in [-0.39, 0.29) is 0 Å². The minimum Gasteiger partial charge on any atom is -0.313 e. The van der Waals surface area contributed by atoms with Crippen molar-refractivity contribution >= 4 is 23.2 Å². The summed E-state index contributed by atoms with van der Waals surface area (Å²) in [5.74, 6) is 1.63. The van der Waals surface area contributed by atoms with Crippen LogP contribution in [0.5, 0.6) is 0 Å². The summed E-state index contributed by atoms with van der Waals surface area (Å²) >= 11 is 12.5. The standard InChI is InChI=1S/C17H25Cl2N/c1-3-9-20-16(13-8-7-12(2)10-13)11-14-5-4-6-15(18)17(14)19/h4-6,12-13,16,20H,3,7-11H2,1-2H3. The predicted octanol–water partition coefficient (Wildman–Crippen LogP) is 5.34. The van der Waals surface area contributed by atoms with Gasteiger partial charge in [-0.2, -0.15) is 0 Å². The third-order valence-corrected chi connectivity index (χ3v) is 5.29. The van der Waals surface area contributed by atoms with Crippen LogP contribution < -0.4 is 5.32 Å². The molecule has 1 aliphatic rings. The van der Waals surface area contributed by atoms with E-state index >= 15 is 0 Å². The van der Waals surface area contributed by atoms with Gasteiger partial charge in [-0.3, -0.25) is 0 Å². The molecule has 0 aromatic heterocycles. The molecule has 1 aromatic carbocycles. The zero-order chi connectivity index (χ0) is 14.5. The topological polar surface area (TPSA) is 12.0 Å². The summed E-state index contributed by atoms with van der Waals surface area (Å²) < 4.78 is 0. The van der Waals surface area contributed by atoms with Crippen molar-refractivity contribution in [3.63, 3.8) is 0 Å². The van der Waals surface area contributed by atoms with Gasteiger partial charge in [0.05, 0.1) is 10.0 Å². The van der Waals surface area contributed by atoms with Crippen LogP contribution in [0.4, 0.5) is 0 Å². The Morgan fingerprint density at radius 2 is 2.10 bits per heavy atom. The third-order valence-electron chi connectivity index (χ3n) is 4.43. The van der Waals surface area contributed by atoms with Crippen LogP contribution in [0.3, 0.4) is 0 Å². The molecule has 0 radical (unpaired) electrons. The molecular formula is C17H25Cl2N. The summed E-state index contributed by atoms with van der Waals surface area (Å²) in [5.41, 5.74) is 1.17. The quantitative estimate of drug-likeness (QED) is 0.747. The highest BCUT2D eigenvalue weighted by Crippen LogP contribution is 2.35. The summed E-state index contributed by atoms with van der Waals surface area (Å²) in [6, 6.07) is 6.49. The van der Waals surface area contributed by atoms with E-state index in [1.807, 2.05) is 12.1 Å². The minimum absolute atomic E-state index is 0.524. The van der Waals surface area contributed by atoms with Gasteiger partial charge >= 0.3 is 0 Å². The molecular weight excluding hydrogens is 289 g/mol. The summed E-state index contributed by atoms with van der Waals surface area (Å²) in [6.45, 7) is 5.66. The number of benzene rings is 1. The summed E-state index contributed by atoms with van der Waals surface area (Å²) in [5, 5.41) is 5.12. The second-order valence-corrected chi connectivity index (χ2v) is 6.94. The third kappa shape index (κ3) is 4.13. The van der Waals surface area contributed by atoms with E-state index in [1.165, 1.54) is 31.2 Å². The number of nitrogens with one attached hydrogen (secondary N) is 1. The number of halogens is 2. The van der Waals surface area contributed by atoms with E-state index in [4.69, 9.17) is 23.2 Å². The first kappa shape index (κ1) is 16.1. The smallest absolute Gasteiger partial charge is 0.0624 e. The Morgan fingerprint density at radius 1 is 1.30 bits per heavy atom. The van der Waals surface area contributed by atoms with Crippen LogP contribution in [0, 0.1) is 11.8 Å². The molecule has 0 amide bonds. The van der Waals surface area contributed by atoms with Crippen LogP contribution in [0.1, 0.15) is 45.1 Å². The molecule has 3 unspecified atom stereocenters. The Hall–Kier alpha value is -0.240. The maximum absolute atomic E-state index is 6.35. The zero-order valence-corrected chi connectivity index (χ0v) is 14.0. The van der Waals surface area contributed by atoms with E-state index in [0.29, 0.717) is 11.1 Å². The molecule has 0 spiro atoms. The highest BCUT2D eigenvalue weighted by atomic mass is 35.5. The van der Waals surface area contributed by atoms with E-state index in [2.05, 4.69) is 25.2 Å². The Morgan fingerprint density at radius 3 is 2.75 bits per heavy atom. The van der Waals surface area contributed by atoms with Crippen molar-refractivity contribution in [1.29, 1.82) is 0 Å². The molecule has 1 N–H and O–H groups in total. The molecule has 1 saturated carbocycles. The van der Waals surface area contributed by atoms with Crippen molar-refractivity contribution in [2.75, 3.05) is 6.54 Å². The lowest BCUT2D eigenvalue weighted by molar-refractivity contribution is 0.348. The molecule has 0 heterocycles. The first-order chi connectivity index (χ1) is 9.61. The monoisotopic (exact) mass is 313 g/mol.